The third kappa shape index (κ3) is 3.27. The van der Waals surface area contributed by atoms with Crippen LogP contribution < -0.4 is 5.32 Å². The second kappa shape index (κ2) is 5.58. The number of nitrogens with zero attached hydrogens (tertiary/aromatic N) is 3. The fourth-order valence-corrected chi connectivity index (χ4v) is 1.79. The van der Waals surface area contributed by atoms with E-state index in [-0.39, 0.29) is 0 Å². The maximum Gasteiger partial charge on any atom is 0.405 e. The Morgan fingerprint density at radius 3 is 2.72 bits per heavy atom. The van der Waals surface area contributed by atoms with Crippen molar-refractivity contribution in [2.45, 2.75) is 12.5 Å². The SMILES string of the molecule is O=C(O)N[C@@H](Cc1ccc(Br)cc1)c1nn[nH]n1. The van der Waals surface area contributed by atoms with Crippen molar-refractivity contribution in [3.05, 3.63) is 40.1 Å². The number of H-pyrrole nitrogens is 1. The maximum absolute atomic E-state index is 10.7. The summed E-state index contributed by atoms with van der Waals surface area (Å²) >= 11 is 3.34. The molecule has 3 N–H and O–H groups in total. The first kappa shape index (κ1) is 12.5. The van der Waals surface area contributed by atoms with Crippen LogP contribution in [0.5, 0.6) is 0 Å². The lowest BCUT2D eigenvalue weighted by Gasteiger charge is -2.13. The van der Waals surface area contributed by atoms with Gasteiger partial charge >= 0.3 is 6.09 Å². The average Bonchev–Trinajstić information content (AvgIpc) is 2.84. The lowest BCUT2D eigenvalue weighted by molar-refractivity contribution is 0.189. The van der Waals surface area contributed by atoms with Gasteiger partial charge in [-0.15, -0.1) is 10.2 Å². The van der Waals surface area contributed by atoms with Crippen molar-refractivity contribution in [3.63, 3.8) is 0 Å². The number of amides is 1. The first-order valence-electron chi connectivity index (χ1n) is 5.12. The predicted octanol–water partition coefficient (Wildman–Crippen LogP) is 1.51. The number of tetrazole rings is 1. The minimum atomic E-state index is -1.12. The van der Waals surface area contributed by atoms with E-state index in [1.54, 1.807) is 0 Å². The van der Waals surface area contributed by atoms with Gasteiger partial charge in [-0.25, -0.2) is 4.79 Å². The molecule has 0 aliphatic rings. The molecule has 0 unspecified atom stereocenters. The van der Waals surface area contributed by atoms with Crippen LogP contribution in [-0.4, -0.2) is 31.8 Å². The number of carbonyl (C=O) groups is 1. The number of hydrogen-bond donors (Lipinski definition) is 3. The summed E-state index contributed by atoms with van der Waals surface area (Å²) < 4.78 is 0.966. The smallest absolute Gasteiger partial charge is 0.405 e. The summed E-state index contributed by atoms with van der Waals surface area (Å²) in [6.45, 7) is 0. The van der Waals surface area contributed by atoms with E-state index in [0.29, 0.717) is 12.2 Å². The molecule has 0 fully saturated rings. The van der Waals surface area contributed by atoms with Gasteiger partial charge in [0, 0.05) is 10.9 Å². The van der Waals surface area contributed by atoms with Gasteiger partial charge in [-0.2, -0.15) is 5.21 Å². The van der Waals surface area contributed by atoms with Crippen molar-refractivity contribution in [3.8, 4) is 0 Å². The molecular weight excluding hydrogens is 302 g/mol. The molecule has 0 aliphatic carbocycles. The van der Waals surface area contributed by atoms with Gasteiger partial charge in [-0.1, -0.05) is 33.3 Å². The molecule has 0 radical (unpaired) electrons. The molecule has 0 saturated carbocycles. The lowest BCUT2D eigenvalue weighted by Crippen LogP contribution is -2.29. The Morgan fingerprint density at radius 1 is 1.44 bits per heavy atom. The van der Waals surface area contributed by atoms with Gasteiger partial charge in [0.15, 0.2) is 5.82 Å². The lowest BCUT2D eigenvalue weighted by atomic mass is 10.1. The highest BCUT2D eigenvalue weighted by atomic mass is 79.9. The van der Waals surface area contributed by atoms with Crippen LogP contribution in [-0.2, 0) is 6.42 Å². The summed E-state index contributed by atoms with van der Waals surface area (Å²) in [5, 5.41) is 24.5. The third-order valence-corrected chi connectivity index (χ3v) is 2.85. The summed E-state index contributed by atoms with van der Waals surface area (Å²) in [5.74, 6) is 0.320. The second-order valence-corrected chi connectivity index (χ2v) is 4.52. The first-order chi connectivity index (χ1) is 8.65. The fraction of sp³-hybridized carbons (Fsp3) is 0.200. The molecule has 0 aliphatic heterocycles. The Balaban J connectivity index is 2.15. The van der Waals surface area contributed by atoms with Gasteiger partial charge in [-0.05, 0) is 17.7 Å². The summed E-state index contributed by atoms with van der Waals surface area (Å²) in [7, 11) is 0. The molecule has 94 valence electrons. The number of aromatic nitrogens is 4. The predicted molar refractivity (Wildman–Crippen MR) is 65.9 cm³/mol. The normalized spacial score (nSPS) is 12.1. The van der Waals surface area contributed by atoms with E-state index in [2.05, 4.69) is 41.9 Å². The van der Waals surface area contributed by atoms with Crippen molar-refractivity contribution >= 4 is 22.0 Å². The van der Waals surface area contributed by atoms with Gasteiger partial charge in [-0.3, -0.25) is 0 Å². The maximum atomic E-state index is 10.7. The second-order valence-electron chi connectivity index (χ2n) is 3.60. The zero-order valence-electron chi connectivity index (χ0n) is 9.17. The highest BCUT2D eigenvalue weighted by Gasteiger charge is 2.18. The van der Waals surface area contributed by atoms with Crippen LogP contribution >= 0.6 is 15.9 Å². The highest BCUT2D eigenvalue weighted by Crippen LogP contribution is 2.17. The summed E-state index contributed by atoms with van der Waals surface area (Å²) in [6.07, 6.45) is -0.666. The van der Waals surface area contributed by atoms with Gasteiger partial charge in [0.1, 0.15) is 6.04 Å². The van der Waals surface area contributed by atoms with Crippen LogP contribution in [0.1, 0.15) is 17.4 Å². The largest absolute Gasteiger partial charge is 0.465 e. The standard InChI is InChI=1S/C10H10BrN5O2/c11-7-3-1-6(2-4-7)5-8(12-10(17)18)9-13-15-16-14-9/h1-4,8,12H,5H2,(H,17,18)(H,13,14,15,16)/t8-/m0/s1. The van der Waals surface area contributed by atoms with Crippen molar-refractivity contribution < 1.29 is 9.90 Å². The monoisotopic (exact) mass is 311 g/mol. The Morgan fingerprint density at radius 2 is 2.17 bits per heavy atom. The number of hydrogen-bond acceptors (Lipinski definition) is 4. The molecule has 1 aromatic heterocycles. The van der Waals surface area contributed by atoms with Crippen LogP contribution in [0.4, 0.5) is 4.79 Å². The van der Waals surface area contributed by atoms with E-state index in [1.807, 2.05) is 24.3 Å². The van der Waals surface area contributed by atoms with Crippen LogP contribution in [0.2, 0.25) is 0 Å². The van der Waals surface area contributed by atoms with E-state index in [4.69, 9.17) is 5.11 Å². The Kier molecular flexibility index (Phi) is 3.88. The molecule has 1 heterocycles. The number of nitrogens with one attached hydrogen (secondary N) is 2. The molecular formula is C10H10BrN5O2. The van der Waals surface area contributed by atoms with Crippen LogP contribution in [0.3, 0.4) is 0 Å². The van der Waals surface area contributed by atoms with Crippen molar-refractivity contribution in [2.24, 2.45) is 0 Å². The molecule has 0 bridgehead atoms. The molecule has 0 saturated heterocycles. The fourth-order valence-electron chi connectivity index (χ4n) is 1.53. The minimum Gasteiger partial charge on any atom is -0.465 e. The molecule has 1 amide bonds. The molecule has 8 heteroatoms. The molecule has 1 atom stereocenters. The minimum absolute atomic E-state index is 0.320. The van der Waals surface area contributed by atoms with Gasteiger partial charge in [0.2, 0.25) is 0 Å². The van der Waals surface area contributed by atoms with Crippen LogP contribution in [0.15, 0.2) is 28.7 Å². The molecule has 2 rings (SSSR count). The zero-order valence-corrected chi connectivity index (χ0v) is 10.8. The molecule has 2 aromatic rings. The van der Waals surface area contributed by atoms with Gasteiger partial charge in [0.25, 0.3) is 0 Å². The van der Waals surface area contributed by atoms with Crippen molar-refractivity contribution in [1.82, 2.24) is 25.9 Å². The number of rotatable bonds is 4. The van der Waals surface area contributed by atoms with Crippen LogP contribution in [0, 0.1) is 0 Å². The molecule has 0 spiro atoms. The topological polar surface area (TPSA) is 104 Å². The highest BCUT2D eigenvalue weighted by molar-refractivity contribution is 9.10. The molecule has 18 heavy (non-hydrogen) atoms. The summed E-state index contributed by atoms with van der Waals surface area (Å²) in [6, 6.07) is 7.07. The number of aromatic amines is 1. The third-order valence-electron chi connectivity index (χ3n) is 2.32. The Hall–Kier alpha value is -1.96. The van der Waals surface area contributed by atoms with E-state index in [1.165, 1.54) is 0 Å². The molecule has 1 aromatic carbocycles. The quantitative estimate of drug-likeness (QED) is 0.794. The van der Waals surface area contributed by atoms with Crippen molar-refractivity contribution in [2.75, 3.05) is 0 Å². The van der Waals surface area contributed by atoms with Gasteiger partial charge < -0.3 is 10.4 Å². The van der Waals surface area contributed by atoms with Gasteiger partial charge in [0.05, 0.1) is 0 Å². The van der Waals surface area contributed by atoms with E-state index in [0.717, 1.165) is 10.0 Å². The average molecular weight is 312 g/mol. The first-order valence-corrected chi connectivity index (χ1v) is 5.91. The Bertz CT molecular complexity index is 514. The van der Waals surface area contributed by atoms with E-state index in [9.17, 15) is 4.79 Å². The number of benzene rings is 1. The van der Waals surface area contributed by atoms with Crippen molar-refractivity contribution in [1.29, 1.82) is 0 Å². The van der Waals surface area contributed by atoms with E-state index < -0.39 is 12.1 Å². The van der Waals surface area contributed by atoms with Crippen LogP contribution in [0.25, 0.3) is 0 Å². The molecule has 7 nitrogen and oxygen atoms in total. The number of halogens is 1. The summed E-state index contributed by atoms with van der Waals surface area (Å²) in [5.41, 5.74) is 0.974. The van der Waals surface area contributed by atoms with E-state index >= 15 is 0 Å². The zero-order chi connectivity index (χ0) is 13.0. The Labute approximate surface area is 111 Å². The number of carboxylic acid groups (broad SMARTS) is 1. The summed E-state index contributed by atoms with van der Waals surface area (Å²) in [4.78, 5) is 10.7.